The summed E-state index contributed by atoms with van der Waals surface area (Å²) in [6.07, 6.45) is 2.27. The number of nitrogens with one attached hydrogen (secondary N) is 1. The van der Waals surface area contributed by atoms with E-state index in [0.717, 1.165) is 35.1 Å². The van der Waals surface area contributed by atoms with Crippen LogP contribution in [-0.2, 0) is 22.2 Å². The summed E-state index contributed by atoms with van der Waals surface area (Å²) in [5.41, 5.74) is 6.57. The highest BCUT2D eigenvalue weighted by molar-refractivity contribution is 6.01. The fourth-order valence-electron chi connectivity index (χ4n) is 4.71. The fraction of sp³-hybridized carbons (Fsp3) is 0.440. The van der Waals surface area contributed by atoms with Crippen molar-refractivity contribution >= 4 is 11.9 Å². The maximum Gasteiger partial charge on any atom is 0.324 e. The maximum atomic E-state index is 12.0. The second-order valence-electron chi connectivity index (χ2n) is 9.97. The van der Waals surface area contributed by atoms with E-state index < -0.39 is 0 Å². The molecule has 2 aliphatic rings. The van der Waals surface area contributed by atoms with Gasteiger partial charge in [-0.15, -0.1) is 0 Å². The van der Waals surface area contributed by atoms with Gasteiger partial charge in [0, 0.05) is 5.56 Å². The third-order valence-corrected chi connectivity index (χ3v) is 6.83. The topological polar surface area (TPSA) is 69.6 Å². The van der Waals surface area contributed by atoms with E-state index in [1.807, 2.05) is 6.07 Å². The maximum absolute atomic E-state index is 12.0. The first-order valence-electron chi connectivity index (χ1n) is 10.6. The quantitative estimate of drug-likeness (QED) is 0.722. The summed E-state index contributed by atoms with van der Waals surface area (Å²) in [4.78, 5) is 25.1. The molecule has 1 heterocycles. The van der Waals surface area contributed by atoms with Crippen molar-refractivity contribution in [3.63, 3.8) is 0 Å². The highest BCUT2D eigenvalue weighted by atomic mass is 16.3. The summed E-state index contributed by atoms with van der Waals surface area (Å²) in [6, 6.07) is 9.44. The zero-order chi connectivity index (χ0) is 21.8. The normalized spacial score (nSPS) is 19.6. The van der Waals surface area contributed by atoms with Crippen molar-refractivity contribution in [3.8, 4) is 16.9 Å². The van der Waals surface area contributed by atoms with Gasteiger partial charge in [-0.05, 0) is 76.6 Å². The SMILES string of the molecule is Cc1cc2c(cc1-c1cc(CN3C(=O)CNC3=O)ccc1O)C(C)(C)CCC2(C)C. The van der Waals surface area contributed by atoms with E-state index in [4.69, 9.17) is 0 Å². The monoisotopic (exact) mass is 406 g/mol. The van der Waals surface area contributed by atoms with Gasteiger partial charge in [0.05, 0.1) is 13.1 Å². The van der Waals surface area contributed by atoms with Gasteiger partial charge < -0.3 is 10.4 Å². The number of aromatic hydroxyl groups is 1. The van der Waals surface area contributed by atoms with Gasteiger partial charge in [-0.25, -0.2) is 4.79 Å². The van der Waals surface area contributed by atoms with E-state index >= 15 is 0 Å². The number of hydrogen-bond donors (Lipinski definition) is 2. The molecule has 0 bridgehead atoms. The van der Waals surface area contributed by atoms with Crippen molar-refractivity contribution in [2.45, 2.75) is 64.8 Å². The predicted octanol–water partition coefficient (Wildman–Crippen LogP) is 4.77. The number of benzene rings is 2. The smallest absolute Gasteiger partial charge is 0.324 e. The zero-order valence-electron chi connectivity index (χ0n) is 18.4. The van der Waals surface area contributed by atoms with E-state index in [1.165, 1.54) is 16.0 Å². The van der Waals surface area contributed by atoms with Crippen LogP contribution in [0.5, 0.6) is 5.75 Å². The first-order chi connectivity index (χ1) is 14.0. The van der Waals surface area contributed by atoms with Crippen molar-refractivity contribution in [1.29, 1.82) is 0 Å². The molecule has 158 valence electrons. The van der Waals surface area contributed by atoms with Gasteiger partial charge in [0.1, 0.15) is 5.75 Å². The number of hydrogen-bond acceptors (Lipinski definition) is 3. The van der Waals surface area contributed by atoms with Crippen LogP contribution in [0, 0.1) is 6.92 Å². The summed E-state index contributed by atoms with van der Waals surface area (Å²) in [5, 5.41) is 13.2. The number of carbonyl (C=O) groups is 2. The van der Waals surface area contributed by atoms with E-state index in [2.05, 4.69) is 52.1 Å². The van der Waals surface area contributed by atoms with Crippen LogP contribution in [0.4, 0.5) is 4.79 Å². The largest absolute Gasteiger partial charge is 0.507 e. The van der Waals surface area contributed by atoms with Gasteiger partial charge in [-0.3, -0.25) is 9.69 Å². The number of phenols is 1. The molecule has 2 N–H and O–H groups in total. The molecule has 0 saturated carbocycles. The van der Waals surface area contributed by atoms with E-state index in [9.17, 15) is 14.7 Å². The number of nitrogens with zero attached hydrogens (tertiary/aromatic N) is 1. The number of imide groups is 1. The summed E-state index contributed by atoms with van der Waals surface area (Å²) < 4.78 is 0. The number of aryl methyl sites for hydroxylation is 1. The molecule has 0 unspecified atom stereocenters. The van der Waals surface area contributed by atoms with Gasteiger partial charge in [-0.2, -0.15) is 0 Å². The van der Waals surface area contributed by atoms with Gasteiger partial charge in [0.15, 0.2) is 0 Å². The minimum Gasteiger partial charge on any atom is -0.507 e. The molecule has 0 spiro atoms. The average molecular weight is 407 g/mol. The van der Waals surface area contributed by atoms with E-state index in [-0.39, 0.29) is 41.6 Å². The van der Waals surface area contributed by atoms with Gasteiger partial charge >= 0.3 is 6.03 Å². The second kappa shape index (κ2) is 6.86. The number of urea groups is 1. The molecule has 1 aliphatic carbocycles. The minimum atomic E-state index is -0.372. The van der Waals surface area contributed by atoms with Crippen LogP contribution in [0.25, 0.3) is 11.1 Å². The Morgan fingerprint density at radius 1 is 0.967 bits per heavy atom. The molecular formula is C25H30N2O3. The lowest BCUT2D eigenvalue weighted by atomic mass is 9.62. The minimum absolute atomic E-state index is 0.0403. The highest BCUT2D eigenvalue weighted by Gasteiger charge is 2.37. The van der Waals surface area contributed by atoms with Crippen LogP contribution < -0.4 is 5.32 Å². The van der Waals surface area contributed by atoms with Gasteiger partial charge in [0.25, 0.3) is 0 Å². The number of fused-ring (bicyclic) bond motifs is 1. The van der Waals surface area contributed by atoms with Crippen LogP contribution in [0.15, 0.2) is 30.3 Å². The summed E-state index contributed by atoms with van der Waals surface area (Å²) >= 11 is 0. The van der Waals surface area contributed by atoms with Gasteiger partial charge in [0.2, 0.25) is 5.91 Å². The van der Waals surface area contributed by atoms with Crippen LogP contribution in [0.2, 0.25) is 0 Å². The van der Waals surface area contributed by atoms with Gasteiger partial charge in [-0.1, -0.05) is 39.8 Å². The van der Waals surface area contributed by atoms with Crippen molar-refractivity contribution in [3.05, 3.63) is 52.6 Å². The third-order valence-electron chi connectivity index (χ3n) is 6.83. The van der Waals surface area contributed by atoms with Crippen molar-refractivity contribution < 1.29 is 14.7 Å². The summed E-state index contributed by atoms with van der Waals surface area (Å²) in [7, 11) is 0. The lowest BCUT2D eigenvalue weighted by Gasteiger charge is -2.42. The molecular weight excluding hydrogens is 376 g/mol. The third kappa shape index (κ3) is 3.36. The summed E-state index contributed by atoms with van der Waals surface area (Å²) in [5.74, 6) is -0.0320. The van der Waals surface area contributed by atoms with E-state index in [0.29, 0.717) is 0 Å². The highest BCUT2D eigenvalue weighted by Crippen LogP contribution is 2.48. The Balaban J connectivity index is 1.79. The van der Waals surface area contributed by atoms with Crippen molar-refractivity contribution in [1.82, 2.24) is 10.2 Å². The number of rotatable bonds is 3. The first kappa shape index (κ1) is 20.5. The van der Waals surface area contributed by atoms with Crippen molar-refractivity contribution in [2.75, 3.05) is 6.54 Å². The Labute approximate surface area is 178 Å². The van der Waals surface area contributed by atoms with Crippen molar-refractivity contribution in [2.24, 2.45) is 0 Å². The van der Waals surface area contributed by atoms with E-state index in [1.54, 1.807) is 12.1 Å². The molecule has 1 saturated heterocycles. The number of amides is 3. The molecule has 2 aromatic rings. The molecule has 3 amide bonds. The number of phenolic OH excluding ortho intramolecular Hbond substituents is 1. The molecule has 2 aromatic carbocycles. The van der Waals surface area contributed by atoms with Crippen LogP contribution >= 0.6 is 0 Å². The molecule has 5 heteroatoms. The van der Waals surface area contributed by atoms with Crippen LogP contribution in [0.1, 0.15) is 62.8 Å². The standard InChI is InChI=1S/C25H30N2O3/c1-15-10-19-20(25(4,5)9-8-24(19,2)3)12-17(15)18-11-16(6-7-21(18)28)14-27-22(29)13-26-23(27)30/h6-7,10-12,28H,8-9,13-14H2,1-5H3,(H,26,30). The molecule has 1 fully saturated rings. The van der Waals surface area contributed by atoms with Crippen LogP contribution in [0.3, 0.4) is 0 Å². The Hall–Kier alpha value is -2.82. The molecule has 30 heavy (non-hydrogen) atoms. The Kier molecular flexibility index (Phi) is 4.68. The average Bonchev–Trinajstić information content (AvgIpc) is 2.99. The van der Waals surface area contributed by atoms with Crippen LogP contribution in [-0.4, -0.2) is 28.5 Å². The second-order valence-corrected chi connectivity index (χ2v) is 9.97. The predicted molar refractivity (Wildman–Crippen MR) is 118 cm³/mol. The first-order valence-corrected chi connectivity index (χ1v) is 10.6. The lowest BCUT2D eigenvalue weighted by molar-refractivity contribution is -0.125. The Morgan fingerprint density at radius 3 is 2.20 bits per heavy atom. The molecule has 0 atom stereocenters. The lowest BCUT2D eigenvalue weighted by Crippen LogP contribution is -2.34. The molecule has 0 radical (unpaired) electrons. The number of carbonyl (C=O) groups excluding carboxylic acids is 2. The molecule has 1 aliphatic heterocycles. The summed E-state index contributed by atoms with van der Waals surface area (Å²) in [6.45, 7) is 11.5. The molecule has 0 aromatic heterocycles. The molecule has 5 nitrogen and oxygen atoms in total. The Bertz CT molecular complexity index is 1040. The Morgan fingerprint density at radius 2 is 1.60 bits per heavy atom. The fourth-order valence-corrected chi connectivity index (χ4v) is 4.71. The zero-order valence-corrected chi connectivity index (χ0v) is 18.4. The molecule has 4 rings (SSSR count).